The Kier molecular flexibility index (Phi) is 5.33. The summed E-state index contributed by atoms with van der Waals surface area (Å²) in [4.78, 5) is 6.37. The number of rotatable bonds is 5. The monoisotopic (exact) mass is 375 g/mol. The Balaban J connectivity index is 1.33. The number of nitrogens with one attached hydrogen (secondary N) is 1. The van der Waals surface area contributed by atoms with E-state index in [4.69, 9.17) is 9.47 Å². The zero-order chi connectivity index (χ0) is 17.9. The standard InChI is InChI=1S/C18H25N5O2S/c1-12(2)6-17-21-22-18(26-17)23-8-15-16(9-23)25-11-14(10-24-15)20-13-4-3-5-19-7-13/h3-5,7,12,14-16,20H,6,8-11H2,1-2H3/t15-,16-/m0/s1. The summed E-state index contributed by atoms with van der Waals surface area (Å²) < 4.78 is 12.3. The third-order valence-electron chi connectivity index (χ3n) is 4.58. The van der Waals surface area contributed by atoms with Crippen LogP contribution in [0, 0.1) is 5.92 Å². The van der Waals surface area contributed by atoms with Gasteiger partial charge < -0.3 is 19.7 Å². The van der Waals surface area contributed by atoms with Crippen molar-refractivity contribution < 1.29 is 9.47 Å². The Morgan fingerprint density at radius 3 is 2.65 bits per heavy atom. The highest BCUT2D eigenvalue weighted by atomic mass is 32.1. The van der Waals surface area contributed by atoms with Gasteiger partial charge in [-0.1, -0.05) is 25.2 Å². The van der Waals surface area contributed by atoms with Gasteiger partial charge in [0.1, 0.15) is 17.2 Å². The topological polar surface area (TPSA) is 72.4 Å². The number of ether oxygens (including phenoxy) is 2. The van der Waals surface area contributed by atoms with Crippen molar-refractivity contribution in [3.05, 3.63) is 29.5 Å². The molecule has 0 bridgehead atoms. The van der Waals surface area contributed by atoms with Crippen LogP contribution in [0.25, 0.3) is 0 Å². The maximum absolute atomic E-state index is 6.14. The Bertz CT molecular complexity index is 695. The first-order chi connectivity index (χ1) is 12.7. The highest BCUT2D eigenvalue weighted by Gasteiger charge is 2.38. The Labute approximate surface area is 157 Å². The van der Waals surface area contributed by atoms with Gasteiger partial charge in [0.15, 0.2) is 0 Å². The lowest BCUT2D eigenvalue weighted by Gasteiger charge is -2.19. The van der Waals surface area contributed by atoms with Crippen molar-refractivity contribution in [1.82, 2.24) is 15.2 Å². The maximum atomic E-state index is 6.14. The Morgan fingerprint density at radius 2 is 2.00 bits per heavy atom. The van der Waals surface area contributed by atoms with E-state index in [1.807, 2.05) is 18.3 Å². The molecule has 26 heavy (non-hydrogen) atoms. The lowest BCUT2D eigenvalue weighted by molar-refractivity contribution is -0.00461. The molecule has 2 saturated heterocycles. The number of hydrogen-bond donors (Lipinski definition) is 1. The molecule has 8 heteroatoms. The minimum Gasteiger partial charge on any atom is -0.376 e. The minimum atomic E-state index is 0.0770. The van der Waals surface area contributed by atoms with Gasteiger partial charge in [-0.3, -0.25) is 4.98 Å². The molecule has 2 aromatic heterocycles. The van der Waals surface area contributed by atoms with Crippen molar-refractivity contribution in [2.75, 3.05) is 36.5 Å². The number of pyridine rings is 1. The molecule has 0 unspecified atom stereocenters. The molecule has 2 fully saturated rings. The van der Waals surface area contributed by atoms with Gasteiger partial charge in [0, 0.05) is 31.9 Å². The van der Waals surface area contributed by atoms with Crippen LogP contribution in [-0.2, 0) is 15.9 Å². The molecule has 0 aromatic carbocycles. The zero-order valence-electron chi connectivity index (χ0n) is 15.2. The molecule has 0 radical (unpaired) electrons. The molecular formula is C18H25N5O2S. The number of nitrogens with zero attached hydrogens (tertiary/aromatic N) is 4. The lowest BCUT2D eigenvalue weighted by atomic mass is 10.1. The summed E-state index contributed by atoms with van der Waals surface area (Å²) in [6.45, 7) is 7.26. The van der Waals surface area contributed by atoms with Crippen LogP contribution < -0.4 is 10.2 Å². The fraction of sp³-hybridized carbons (Fsp3) is 0.611. The van der Waals surface area contributed by atoms with Crippen molar-refractivity contribution >= 4 is 22.2 Å². The van der Waals surface area contributed by atoms with Gasteiger partial charge in [-0.2, -0.15) is 0 Å². The Hall–Kier alpha value is -1.77. The second-order valence-electron chi connectivity index (χ2n) is 7.31. The van der Waals surface area contributed by atoms with Gasteiger partial charge >= 0.3 is 0 Å². The van der Waals surface area contributed by atoms with Gasteiger partial charge in [-0.05, 0) is 18.1 Å². The molecular weight excluding hydrogens is 350 g/mol. The molecule has 1 N–H and O–H groups in total. The fourth-order valence-corrected chi connectivity index (χ4v) is 4.39. The predicted octanol–water partition coefficient (Wildman–Crippen LogP) is 2.22. The van der Waals surface area contributed by atoms with Gasteiger partial charge in [0.05, 0.1) is 24.9 Å². The maximum Gasteiger partial charge on any atom is 0.208 e. The number of anilines is 2. The summed E-state index contributed by atoms with van der Waals surface area (Å²) in [5, 5.41) is 14.2. The van der Waals surface area contributed by atoms with Crippen molar-refractivity contribution in [2.24, 2.45) is 5.92 Å². The van der Waals surface area contributed by atoms with Crippen molar-refractivity contribution in [3.63, 3.8) is 0 Å². The molecule has 140 valence electrons. The average molecular weight is 375 g/mol. The van der Waals surface area contributed by atoms with E-state index in [-0.39, 0.29) is 18.2 Å². The summed E-state index contributed by atoms with van der Waals surface area (Å²) in [5.74, 6) is 0.594. The van der Waals surface area contributed by atoms with E-state index in [0.29, 0.717) is 19.1 Å². The molecule has 7 nitrogen and oxygen atoms in total. The summed E-state index contributed by atoms with van der Waals surface area (Å²) in [5.41, 5.74) is 0.991. The first-order valence-corrected chi connectivity index (χ1v) is 9.96. The average Bonchev–Trinajstić information content (AvgIpc) is 3.20. The summed E-state index contributed by atoms with van der Waals surface area (Å²) >= 11 is 1.68. The summed E-state index contributed by atoms with van der Waals surface area (Å²) in [6.07, 6.45) is 4.72. The highest BCUT2D eigenvalue weighted by Crippen LogP contribution is 2.29. The van der Waals surface area contributed by atoms with Crippen LogP contribution in [0.1, 0.15) is 18.9 Å². The largest absolute Gasteiger partial charge is 0.376 e. The highest BCUT2D eigenvalue weighted by molar-refractivity contribution is 7.15. The van der Waals surface area contributed by atoms with Crippen LogP contribution in [-0.4, -0.2) is 59.7 Å². The van der Waals surface area contributed by atoms with E-state index in [2.05, 4.69) is 39.2 Å². The van der Waals surface area contributed by atoms with E-state index in [0.717, 1.165) is 35.3 Å². The molecule has 0 aliphatic carbocycles. The van der Waals surface area contributed by atoms with E-state index in [1.54, 1.807) is 17.5 Å². The Morgan fingerprint density at radius 1 is 1.23 bits per heavy atom. The summed E-state index contributed by atoms with van der Waals surface area (Å²) in [6, 6.07) is 4.06. The van der Waals surface area contributed by atoms with Crippen molar-refractivity contribution in [1.29, 1.82) is 0 Å². The molecule has 4 heterocycles. The van der Waals surface area contributed by atoms with Crippen LogP contribution in [0.4, 0.5) is 10.8 Å². The SMILES string of the molecule is CC(C)Cc1nnc(N2C[C@@H]3OCC(Nc4cccnc4)CO[C@H]3C2)s1. The second-order valence-corrected chi connectivity index (χ2v) is 8.35. The summed E-state index contributed by atoms with van der Waals surface area (Å²) in [7, 11) is 0. The van der Waals surface area contributed by atoms with E-state index in [1.165, 1.54) is 0 Å². The van der Waals surface area contributed by atoms with Gasteiger partial charge in [0.25, 0.3) is 0 Å². The van der Waals surface area contributed by atoms with E-state index >= 15 is 0 Å². The second kappa shape index (κ2) is 7.85. The third-order valence-corrected chi connectivity index (χ3v) is 5.59. The minimum absolute atomic E-state index is 0.0770. The van der Waals surface area contributed by atoms with Gasteiger partial charge in [0.2, 0.25) is 5.13 Å². The lowest BCUT2D eigenvalue weighted by Crippen LogP contribution is -2.31. The molecule has 4 rings (SSSR count). The van der Waals surface area contributed by atoms with Crippen LogP contribution >= 0.6 is 11.3 Å². The van der Waals surface area contributed by atoms with Crippen LogP contribution in [0.5, 0.6) is 0 Å². The quantitative estimate of drug-likeness (QED) is 0.859. The normalized spacial score (nSPS) is 23.9. The van der Waals surface area contributed by atoms with Crippen molar-refractivity contribution in [2.45, 2.75) is 38.5 Å². The van der Waals surface area contributed by atoms with Gasteiger partial charge in [-0.25, -0.2) is 0 Å². The van der Waals surface area contributed by atoms with E-state index in [9.17, 15) is 0 Å². The first-order valence-electron chi connectivity index (χ1n) is 9.14. The van der Waals surface area contributed by atoms with Crippen LogP contribution in [0.15, 0.2) is 24.5 Å². The number of fused-ring (bicyclic) bond motifs is 1. The number of aromatic nitrogens is 3. The van der Waals surface area contributed by atoms with E-state index < -0.39 is 0 Å². The molecule has 0 saturated carbocycles. The number of hydrogen-bond acceptors (Lipinski definition) is 8. The first kappa shape index (κ1) is 17.6. The van der Waals surface area contributed by atoms with Crippen molar-refractivity contribution in [3.8, 4) is 0 Å². The molecule has 2 aromatic rings. The smallest absolute Gasteiger partial charge is 0.208 e. The molecule has 2 atom stereocenters. The molecule has 0 amide bonds. The molecule has 2 aliphatic rings. The van der Waals surface area contributed by atoms with Gasteiger partial charge in [-0.15, -0.1) is 10.2 Å². The van der Waals surface area contributed by atoms with Crippen LogP contribution in [0.2, 0.25) is 0 Å². The molecule has 0 spiro atoms. The zero-order valence-corrected chi connectivity index (χ0v) is 16.0. The molecule has 2 aliphatic heterocycles. The fourth-order valence-electron chi connectivity index (χ4n) is 3.32. The third kappa shape index (κ3) is 4.13. The predicted molar refractivity (Wildman–Crippen MR) is 102 cm³/mol. The van der Waals surface area contributed by atoms with Crippen LogP contribution in [0.3, 0.4) is 0 Å².